The summed E-state index contributed by atoms with van der Waals surface area (Å²) in [5, 5.41) is 2.84. The van der Waals surface area contributed by atoms with E-state index in [1.54, 1.807) is 18.2 Å². The quantitative estimate of drug-likeness (QED) is 0.358. The number of anilines is 1. The first kappa shape index (κ1) is 24.4. The molecule has 0 radical (unpaired) electrons. The van der Waals surface area contributed by atoms with Gasteiger partial charge >= 0.3 is 5.97 Å². The third-order valence-electron chi connectivity index (χ3n) is 5.07. The molecule has 0 aromatic heterocycles. The molecule has 0 aliphatic rings. The number of ether oxygens (including phenoxy) is 4. The molecule has 0 heterocycles. The number of carbonyl (C=O) groups excluding carboxylic acids is 2. The van der Waals surface area contributed by atoms with Crippen LogP contribution >= 0.6 is 0 Å². The first-order chi connectivity index (χ1) is 16.5. The minimum Gasteiger partial charge on any atom is -0.496 e. The lowest BCUT2D eigenvalue weighted by Gasteiger charge is -2.15. The average Bonchev–Trinajstić information content (AvgIpc) is 2.87. The van der Waals surface area contributed by atoms with Gasteiger partial charge in [-0.2, -0.15) is 0 Å². The molecule has 1 atom stereocenters. The van der Waals surface area contributed by atoms with E-state index in [4.69, 9.17) is 18.9 Å². The van der Waals surface area contributed by atoms with E-state index in [1.165, 1.54) is 40.4 Å². The number of amides is 1. The lowest BCUT2D eigenvalue weighted by Crippen LogP contribution is -2.29. The van der Waals surface area contributed by atoms with E-state index >= 15 is 0 Å². The molecule has 176 valence electrons. The van der Waals surface area contributed by atoms with E-state index < -0.39 is 18.0 Å². The van der Waals surface area contributed by atoms with Crippen molar-refractivity contribution in [3.8, 4) is 28.4 Å². The summed E-state index contributed by atoms with van der Waals surface area (Å²) in [5.41, 5.74) is 3.06. The van der Waals surface area contributed by atoms with Crippen LogP contribution in [0.1, 0.15) is 12.5 Å². The van der Waals surface area contributed by atoms with Gasteiger partial charge in [0.1, 0.15) is 5.75 Å². The Labute approximate surface area is 198 Å². The second-order valence-corrected chi connectivity index (χ2v) is 7.26. The number of nitrogens with one attached hydrogen (secondary N) is 1. The highest BCUT2D eigenvalue weighted by atomic mass is 16.5. The molecule has 0 spiro atoms. The fraction of sp³-hybridized carbons (Fsp3) is 0.185. The van der Waals surface area contributed by atoms with Crippen molar-refractivity contribution in [3.05, 3.63) is 78.4 Å². The van der Waals surface area contributed by atoms with Crippen LogP contribution in [0.25, 0.3) is 17.2 Å². The standard InChI is InChI=1S/C27H27NO6/c1-18(27(30)28-22-13-9-8-12-21(22)19-10-6-5-7-11-19)34-26(29)15-14-20-16-24(32-3)25(33-4)17-23(20)31-2/h5-18H,1-4H3,(H,28,30)/b15-14+. The molecular formula is C27H27NO6. The molecule has 1 unspecified atom stereocenters. The van der Waals surface area contributed by atoms with E-state index in [0.29, 0.717) is 28.5 Å². The number of esters is 1. The van der Waals surface area contributed by atoms with Gasteiger partial charge in [-0.15, -0.1) is 0 Å². The van der Waals surface area contributed by atoms with Crippen LogP contribution in [0.3, 0.4) is 0 Å². The molecule has 34 heavy (non-hydrogen) atoms. The summed E-state index contributed by atoms with van der Waals surface area (Å²) in [6.07, 6.45) is 1.75. The van der Waals surface area contributed by atoms with Gasteiger partial charge in [0.2, 0.25) is 0 Å². The smallest absolute Gasteiger partial charge is 0.331 e. The molecule has 0 aliphatic heterocycles. The van der Waals surface area contributed by atoms with Gasteiger partial charge in [-0.05, 0) is 30.7 Å². The molecule has 7 nitrogen and oxygen atoms in total. The minimum atomic E-state index is -1.01. The third-order valence-corrected chi connectivity index (χ3v) is 5.07. The predicted molar refractivity (Wildman–Crippen MR) is 131 cm³/mol. The summed E-state index contributed by atoms with van der Waals surface area (Å²) in [7, 11) is 4.55. The summed E-state index contributed by atoms with van der Waals surface area (Å²) in [6.45, 7) is 1.52. The van der Waals surface area contributed by atoms with Crippen LogP contribution in [0, 0.1) is 0 Å². The molecule has 0 saturated heterocycles. The van der Waals surface area contributed by atoms with Crippen LogP contribution in [0.4, 0.5) is 5.69 Å². The maximum Gasteiger partial charge on any atom is 0.331 e. The minimum absolute atomic E-state index is 0.436. The van der Waals surface area contributed by atoms with Crippen molar-refractivity contribution in [1.82, 2.24) is 0 Å². The van der Waals surface area contributed by atoms with Crippen molar-refractivity contribution in [2.75, 3.05) is 26.6 Å². The Balaban J connectivity index is 1.68. The average molecular weight is 462 g/mol. The molecule has 3 aromatic carbocycles. The first-order valence-corrected chi connectivity index (χ1v) is 10.6. The van der Waals surface area contributed by atoms with E-state index in [1.807, 2.05) is 48.5 Å². The summed E-state index contributed by atoms with van der Waals surface area (Å²) >= 11 is 0. The van der Waals surface area contributed by atoms with Gasteiger partial charge in [0.25, 0.3) is 5.91 Å². The van der Waals surface area contributed by atoms with Gasteiger partial charge in [-0.1, -0.05) is 48.5 Å². The largest absolute Gasteiger partial charge is 0.496 e. The first-order valence-electron chi connectivity index (χ1n) is 10.6. The number of carbonyl (C=O) groups is 2. The normalized spacial score (nSPS) is 11.5. The van der Waals surface area contributed by atoms with Crippen LogP contribution < -0.4 is 19.5 Å². The molecule has 3 aromatic rings. The van der Waals surface area contributed by atoms with Gasteiger partial charge in [0.05, 0.1) is 21.3 Å². The number of rotatable bonds is 9. The Morgan fingerprint density at radius 2 is 1.44 bits per heavy atom. The Bertz CT molecular complexity index is 1170. The Kier molecular flexibility index (Phi) is 8.29. The molecule has 0 saturated carbocycles. The van der Waals surface area contributed by atoms with Crippen LogP contribution in [0.2, 0.25) is 0 Å². The van der Waals surface area contributed by atoms with Gasteiger partial charge in [0, 0.05) is 29.0 Å². The number of hydrogen-bond acceptors (Lipinski definition) is 6. The van der Waals surface area contributed by atoms with Crippen LogP contribution in [-0.4, -0.2) is 39.3 Å². The van der Waals surface area contributed by atoms with Crippen molar-refractivity contribution >= 4 is 23.6 Å². The lowest BCUT2D eigenvalue weighted by molar-refractivity contribution is -0.148. The fourth-order valence-corrected chi connectivity index (χ4v) is 3.30. The molecule has 1 N–H and O–H groups in total. The van der Waals surface area contributed by atoms with E-state index in [9.17, 15) is 9.59 Å². The zero-order valence-corrected chi connectivity index (χ0v) is 19.5. The molecule has 1 amide bonds. The predicted octanol–water partition coefficient (Wildman–Crippen LogP) is 4.96. The highest BCUT2D eigenvalue weighted by Gasteiger charge is 2.18. The molecule has 0 bridgehead atoms. The van der Waals surface area contributed by atoms with Crippen molar-refractivity contribution < 1.29 is 28.5 Å². The zero-order chi connectivity index (χ0) is 24.5. The lowest BCUT2D eigenvalue weighted by atomic mass is 10.0. The zero-order valence-electron chi connectivity index (χ0n) is 19.5. The van der Waals surface area contributed by atoms with E-state index in [2.05, 4.69) is 5.32 Å². The van der Waals surface area contributed by atoms with Gasteiger partial charge in [0.15, 0.2) is 17.6 Å². The summed E-state index contributed by atoms with van der Waals surface area (Å²) in [6, 6.07) is 20.5. The number of para-hydroxylation sites is 1. The second-order valence-electron chi connectivity index (χ2n) is 7.26. The fourth-order valence-electron chi connectivity index (χ4n) is 3.30. The summed E-state index contributed by atoms with van der Waals surface area (Å²) in [4.78, 5) is 25.1. The van der Waals surface area contributed by atoms with Crippen LogP contribution in [0.15, 0.2) is 72.8 Å². The summed E-state index contributed by atoms with van der Waals surface area (Å²) < 4.78 is 21.2. The van der Waals surface area contributed by atoms with Gasteiger partial charge in [-0.3, -0.25) is 4.79 Å². The van der Waals surface area contributed by atoms with E-state index in [0.717, 1.165) is 11.1 Å². The topological polar surface area (TPSA) is 83.1 Å². The maximum atomic E-state index is 12.7. The molecule has 7 heteroatoms. The molecular weight excluding hydrogens is 434 g/mol. The SMILES string of the molecule is COc1cc(OC)c(OC)cc1/C=C/C(=O)OC(C)C(=O)Nc1ccccc1-c1ccccc1. The maximum absolute atomic E-state index is 12.7. The number of hydrogen-bond donors (Lipinski definition) is 1. The van der Waals surface area contributed by atoms with E-state index in [-0.39, 0.29) is 0 Å². The second kappa shape index (κ2) is 11.6. The molecule has 3 rings (SSSR count). The third kappa shape index (κ3) is 5.95. The van der Waals surface area contributed by atoms with Crippen molar-refractivity contribution in [2.24, 2.45) is 0 Å². The Hall–Kier alpha value is -4.26. The van der Waals surface area contributed by atoms with Crippen molar-refractivity contribution in [2.45, 2.75) is 13.0 Å². The Morgan fingerprint density at radius 3 is 2.12 bits per heavy atom. The van der Waals surface area contributed by atoms with Gasteiger partial charge in [-0.25, -0.2) is 4.79 Å². The van der Waals surface area contributed by atoms with Gasteiger partial charge < -0.3 is 24.3 Å². The van der Waals surface area contributed by atoms with Crippen molar-refractivity contribution in [3.63, 3.8) is 0 Å². The summed E-state index contributed by atoms with van der Waals surface area (Å²) in [5.74, 6) is 0.371. The number of benzene rings is 3. The molecule has 0 fully saturated rings. The van der Waals surface area contributed by atoms with Crippen LogP contribution in [0.5, 0.6) is 17.2 Å². The Morgan fingerprint density at radius 1 is 0.824 bits per heavy atom. The highest BCUT2D eigenvalue weighted by molar-refractivity contribution is 5.99. The highest BCUT2D eigenvalue weighted by Crippen LogP contribution is 2.35. The monoisotopic (exact) mass is 461 g/mol. The van der Waals surface area contributed by atoms with Crippen molar-refractivity contribution in [1.29, 1.82) is 0 Å². The number of methoxy groups -OCH3 is 3. The van der Waals surface area contributed by atoms with Crippen LogP contribution in [-0.2, 0) is 14.3 Å². The molecule has 0 aliphatic carbocycles.